The first-order chi connectivity index (χ1) is 8.49. The van der Waals surface area contributed by atoms with Crippen LogP contribution < -0.4 is 0 Å². The van der Waals surface area contributed by atoms with Gasteiger partial charge in [0.15, 0.2) is 0 Å². The second-order valence-electron chi connectivity index (χ2n) is 3.96. The van der Waals surface area contributed by atoms with Crippen molar-refractivity contribution in [3.8, 4) is 11.1 Å². The molecule has 0 aliphatic rings. The lowest BCUT2D eigenvalue weighted by Gasteiger charge is -2.08. The summed E-state index contributed by atoms with van der Waals surface area (Å²) in [5.74, 6) is -1.03. The molecule has 2 aromatic carbocycles. The molecule has 0 saturated carbocycles. The average Bonchev–Trinajstić information content (AvgIpc) is 2.30. The van der Waals surface area contributed by atoms with E-state index in [0.29, 0.717) is 5.02 Å². The Morgan fingerprint density at radius 2 is 1.83 bits per heavy atom. The Labute approximate surface area is 115 Å². The molecule has 2 rings (SSSR count). The van der Waals surface area contributed by atoms with Crippen LogP contribution in [0.1, 0.15) is 15.9 Å². The second-order valence-corrected chi connectivity index (χ2v) is 4.80. The van der Waals surface area contributed by atoms with Crippen LogP contribution in [0.3, 0.4) is 0 Å². The highest BCUT2D eigenvalue weighted by Crippen LogP contribution is 2.29. The van der Waals surface area contributed by atoms with Crippen molar-refractivity contribution in [2.45, 2.75) is 6.92 Å². The first-order valence-corrected chi connectivity index (χ1v) is 6.04. The number of halogens is 2. The van der Waals surface area contributed by atoms with Gasteiger partial charge in [0.2, 0.25) is 0 Å². The molecular formula is C14H10Cl2O2. The summed E-state index contributed by atoms with van der Waals surface area (Å²) in [6.07, 6.45) is 0. The molecule has 0 aliphatic heterocycles. The topological polar surface area (TPSA) is 37.3 Å². The molecule has 0 spiro atoms. The lowest BCUT2D eigenvalue weighted by atomic mass is 9.99. The van der Waals surface area contributed by atoms with Crippen molar-refractivity contribution in [1.29, 1.82) is 0 Å². The van der Waals surface area contributed by atoms with Gasteiger partial charge in [-0.05, 0) is 47.9 Å². The van der Waals surface area contributed by atoms with Crippen LogP contribution in [0, 0.1) is 6.92 Å². The fourth-order valence-corrected chi connectivity index (χ4v) is 2.23. The third kappa shape index (κ3) is 2.50. The fraction of sp³-hybridized carbons (Fsp3) is 0.0714. The zero-order valence-corrected chi connectivity index (χ0v) is 11.1. The molecule has 0 saturated heterocycles. The highest BCUT2D eigenvalue weighted by molar-refractivity contribution is 6.33. The number of carboxylic acid groups (broad SMARTS) is 1. The number of hydrogen-bond donors (Lipinski definition) is 1. The van der Waals surface area contributed by atoms with Gasteiger partial charge in [-0.2, -0.15) is 0 Å². The minimum atomic E-state index is -1.03. The normalized spacial score (nSPS) is 10.4. The van der Waals surface area contributed by atoms with Crippen LogP contribution in [0.5, 0.6) is 0 Å². The number of rotatable bonds is 2. The maximum absolute atomic E-state index is 11.0. The quantitative estimate of drug-likeness (QED) is 0.868. The van der Waals surface area contributed by atoms with E-state index in [4.69, 9.17) is 28.3 Å². The number of benzene rings is 2. The predicted octanol–water partition coefficient (Wildman–Crippen LogP) is 4.67. The summed E-state index contributed by atoms with van der Waals surface area (Å²) in [7, 11) is 0. The number of hydrogen-bond acceptors (Lipinski definition) is 1. The highest BCUT2D eigenvalue weighted by Gasteiger charge is 2.11. The van der Waals surface area contributed by atoms with Crippen molar-refractivity contribution in [2.75, 3.05) is 0 Å². The fourth-order valence-electron chi connectivity index (χ4n) is 1.81. The van der Waals surface area contributed by atoms with Crippen LogP contribution >= 0.6 is 23.2 Å². The summed E-state index contributed by atoms with van der Waals surface area (Å²) < 4.78 is 0. The minimum Gasteiger partial charge on any atom is -0.478 e. The second kappa shape index (κ2) is 5.01. The Bertz CT molecular complexity index is 621. The minimum absolute atomic E-state index is 0.100. The molecule has 4 heteroatoms. The average molecular weight is 281 g/mol. The summed E-state index contributed by atoms with van der Waals surface area (Å²) >= 11 is 11.7. The van der Waals surface area contributed by atoms with E-state index in [-0.39, 0.29) is 10.6 Å². The van der Waals surface area contributed by atoms with Crippen molar-refractivity contribution in [3.63, 3.8) is 0 Å². The standard InChI is InChI=1S/C14H10Cl2O2/c1-8-6-10(15)3-4-11(8)9-2-5-13(16)12(7-9)14(17)18/h2-7H,1H3,(H,17,18). The summed E-state index contributed by atoms with van der Waals surface area (Å²) in [5.41, 5.74) is 2.84. The molecular weight excluding hydrogens is 271 g/mol. The van der Waals surface area contributed by atoms with Crippen LogP contribution in [0.2, 0.25) is 10.0 Å². The van der Waals surface area contributed by atoms with Crippen molar-refractivity contribution in [2.24, 2.45) is 0 Å². The molecule has 18 heavy (non-hydrogen) atoms. The molecule has 0 unspecified atom stereocenters. The molecule has 0 fully saturated rings. The molecule has 0 bridgehead atoms. The number of carbonyl (C=O) groups is 1. The molecule has 0 aromatic heterocycles. The number of aryl methyl sites for hydroxylation is 1. The van der Waals surface area contributed by atoms with Gasteiger partial charge in [0.25, 0.3) is 0 Å². The SMILES string of the molecule is Cc1cc(Cl)ccc1-c1ccc(Cl)c(C(=O)O)c1. The van der Waals surface area contributed by atoms with Gasteiger partial charge in [0.05, 0.1) is 10.6 Å². The van der Waals surface area contributed by atoms with Crippen LogP contribution in [0.4, 0.5) is 0 Å². The van der Waals surface area contributed by atoms with E-state index in [9.17, 15) is 4.79 Å². The molecule has 92 valence electrons. The third-order valence-corrected chi connectivity index (χ3v) is 3.26. The van der Waals surface area contributed by atoms with Gasteiger partial charge in [-0.25, -0.2) is 4.79 Å². The molecule has 2 aromatic rings. The van der Waals surface area contributed by atoms with Crippen LogP contribution in [0.15, 0.2) is 36.4 Å². The molecule has 0 heterocycles. The maximum atomic E-state index is 11.0. The smallest absolute Gasteiger partial charge is 0.337 e. The van der Waals surface area contributed by atoms with E-state index in [2.05, 4.69) is 0 Å². The van der Waals surface area contributed by atoms with Crippen molar-refractivity contribution in [3.05, 3.63) is 57.6 Å². The Morgan fingerprint density at radius 3 is 2.44 bits per heavy atom. The lowest BCUT2D eigenvalue weighted by Crippen LogP contribution is -1.98. The van der Waals surface area contributed by atoms with E-state index in [1.807, 2.05) is 19.1 Å². The molecule has 0 radical (unpaired) electrons. The zero-order valence-electron chi connectivity index (χ0n) is 9.58. The van der Waals surface area contributed by atoms with Gasteiger partial charge in [-0.15, -0.1) is 0 Å². The summed E-state index contributed by atoms with van der Waals surface area (Å²) in [5, 5.41) is 9.94. The van der Waals surface area contributed by atoms with Gasteiger partial charge in [-0.1, -0.05) is 35.3 Å². The van der Waals surface area contributed by atoms with Gasteiger partial charge in [0, 0.05) is 5.02 Å². The third-order valence-electron chi connectivity index (χ3n) is 2.70. The van der Waals surface area contributed by atoms with Crippen molar-refractivity contribution in [1.82, 2.24) is 0 Å². The molecule has 0 amide bonds. The Morgan fingerprint density at radius 1 is 1.11 bits per heavy atom. The van der Waals surface area contributed by atoms with Crippen LogP contribution in [-0.4, -0.2) is 11.1 Å². The summed E-state index contributed by atoms with van der Waals surface area (Å²) in [6.45, 7) is 1.93. The van der Waals surface area contributed by atoms with E-state index in [1.54, 1.807) is 24.3 Å². The zero-order chi connectivity index (χ0) is 13.3. The molecule has 1 N–H and O–H groups in total. The van der Waals surface area contributed by atoms with E-state index in [0.717, 1.165) is 16.7 Å². The summed E-state index contributed by atoms with van der Waals surface area (Å²) in [4.78, 5) is 11.0. The van der Waals surface area contributed by atoms with Crippen molar-refractivity contribution >= 4 is 29.2 Å². The Kier molecular flexibility index (Phi) is 3.60. The first kappa shape index (κ1) is 12.9. The van der Waals surface area contributed by atoms with Gasteiger partial charge >= 0.3 is 5.97 Å². The van der Waals surface area contributed by atoms with Crippen LogP contribution in [0.25, 0.3) is 11.1 Å². The van der Waals surface area contributed by atoms with Crippen molar-refractivity contribution < 1.29 is 9.90 Å². The predicted molar refractivity (Wildman–Crippen MR) is 73.6 cm³/mol. The van der Waals surface area contributed by atoms with E-state index < -0.39 is 5.97 Å². The maximum Gasteiger partial charge on any atom is 0.337 e. The molecule has 0 atom stereocenters. The van der Waals surface area contributed by atoms with Gasteiger partial charge in [0.1, 0.15) is 0 Å². The van der Waals surface area contributed by atoms with Crippen LogP contribution in [-0.2, 0) is 0 Å². The molecule has 2 nitrogen and oxygen atoms in total. The number of carboxylic acids is 1. The number of aromatic carboxylic acids is 1. The highest BCUT2D eigenvalue weighted by atomic mass is 35.5. The largest absolute Gasteiger partial charge is 0.478 e. The summed E-state index contributed by atoms with van der Waals surface area (Å²) in [6, 6.07) is 10.4. The van der Waals surface area contributed by atoms with E-state index in [1.165, 1.54) is 0 Å². The van der Waals surface area contributed by atoms with Gasteiger partial charge < -0.3 is 5.11 Å². The Hall–Kier alpha value is -1.51. The molecule has 0 aliphatic carbocycles. The monoisotopic (exact) mass is 280 g/mol. The lowest BCUT2D eigenvalue weighted by molar-refractivity contribution is 0.0697. The Balaban J connectivity index is 2.58. The van der Waals surface area contributed by atoms with E-state index >= 15 is 0 Å². The van der Waals surface area contributed by atoms with Gasteiger partial charge in [-0.3, -0.25) is 0 Å². The first-order valence-electron chi connectivity index (χ1n) is 5.28.